The van der Waals surface area contributed by atoms with Gasteiger partial charge in [0.1, 0.15) is 16.9 Å². The van der Waals surface area contributed by atoms with Gasteiger partial charge in [0.15, 0.2) is 0 Å². The van der Waals surface area contributed by atoms with Gasteiger partial charge in [-0.1, -0.05) is 103 Å². The van der Waals surface area contributed by atoms with Crippen molar-refractivity contribution in [3.8, 4) is 33.7 Å². The SMILES string of the molecule is CCOc1ccc(N(c2ccccc2)c2ccc(-c3ccc4c(c3)c3cc5c(ccc6oc7ccccc7c65)cc3n4-c3ccc(-c4ccccc4)cc3)cc2)cc1. The first-order chi connectivity index (χ1) is 28.7. The fraction of sp³-hybridized carbons (Fsp3) is 0.0370. The van der Waals surface area contributed by atoms with E-state index in [0.29, 0.717) is 6.61 Å². The topological polar surface area (TPSA) is 30.5 Å². The molecule has 0 amide bonds. The Morgan fingerprint density at radius 3 is 1.81 bits per heavy atom. The van der Waals surface area contributed by atoms with Crippen LogP contribution in [0.1, 0.15) is 6.92 Å². The van der Waals surface area contributed by atoms with E-state index in [2.05, 4.69) is 191 Å². The van der Waals surface area contributed by atoms with E-state index in [1.807, 2.05) is 25.1 Å². The molecule has 4 heteroatoms. The third-order valence-corrected chi connectivity index (χ3v) is 11.4. The Balaban J connectivity index is 1.07. The zero-order valence-corrected chi connectivity index (χ0v) is 32.0. The van der Waals surface area contributed by atoms with Gasteiger partial charge in [-0.3, -0.25) is 0 Å². The van der Waals surface area contributed by atoms with Gasteiger partial charge in [0, 0.05) is 44.3 Å². The number of anilines is 3. The number of ether oxygens (including phenoxy) is 1. The highest BCUT2D eigenvalue weighted by Crippen LogP contribution is 2.42. The van der Waals surface area contributed by atoms with Crippen molar-refractivity contribution >= 4 is 71.6 Å². The molecule has 0 saturated carbocycles. The van der Waals surface area contributed by atoms with Gasteiger partial charge in [0.2, 0.25) is 0 Å². The summed E-state index contributed by atoms with van der Waals surface area (Å²) in [4.78, 5) is 2.28. The van der Waals surface area contributed by atoms with Gasteiger partial charge >= 0.3 is 0 Å². The summed E-state index contributed by atoms with van der Waals surface area (Å²) in [5.41, 5.74) is 13.2. The maximum atomic E-state index is 6.34. The molecular weight excluding hydrogens is 709 g/mol. The molecule has 276 valence electrons. The molecule has 0 spiro atoms. The van der Waals surface area contributed by atoms with Crippen molar-refractivity contribution in [3.05, 3.63) is 200 Å². The molecule has 9 aromatic carbocycles. The lowest BCUT2D eigenvalue weighted by Crippen LogP contribution is -2.09. The number of para-hydroxylation sites is 2. The number of hydrogen-bond acceptors (Lipinski definition) is 3. The highest BCUT2D eigenvalue weighted by atomic mass is 16.5. The van der Waals surface area contributed by atoms with Crippen LogP contribution in [0.5, 0.6) is 5.75 Å². The lowest BCUT2D eigenvalue weighted by atomic mass is 9.99. The molecule has 0 atom stereocenters. The maximum Gasteiger partial charge on any atom is 0.136 e. The molecule has 2 aromatic heterocycles. The summed E-state index contributed by atoms with van der Waals surface area (Å²) < 4.78 is 14.5. The molecule has 0 N–H and O–H groups in total. The molecule has 0 unspecified atom stereocenters. The Morgan fingerprint density at radius 1 is 0.448 bits per heavy atom. The van der Waals surface area contributed by atoms with Crippen LogP contribution >= 0.6 is 0 Å². The van der Waals surface area contributed by atoms with Crippen LogP contribution in [0.25, 0.3) is 82.5 Å². The highest BCUT2D eigenvalue weighted by Gasteiger charge is 2.18. The molecule has 11 aromatic rings. The number of aromatic nitrogens is 1. The largest absolute Gasteiger partial charge is 0.494 e. The van der Waals surface area contributed by atoms with Gasteiger partial charge in [-0.2, -0.15) is 0 Å². The first-order valence-electron chi connectivity index (χ1n) is 19.9. The number of nitrogens with zero attached hydrogens (tertiary/aromatic N) is 2. The number of rotatable bonds is 8. The molecule has 11 rings (SSSR count). The highest BCUT2D eigenvalue weighted by molar-refractivity contribution is 6.23. The van der Waals surface area contributed by atoms with Gasteiger partial charge in [-0.15, -0.1) is 0 Å². The van der Waals surface area contributed by atoms with Crippen molar-refractivity contribution in [1.82, 2.24) is 4.57 Å². The van der Waals surface area contributed by atoms with Crippen LogP contribution in [0, 0.1) is 0 Å². The van der Waals surface area contributed by atoms with Gasteiger partial charge in [0.05, 0.1) is 17.6 Å². The van der Waals surface area contributed by atoms with Crippen LogP contribution < -0.4 is 9.64 Å². The molecule has 0 saturated heterocycles. The lowest BCUT2D eigenvalue weighted by molar-refractivity contribution is 0.340. The fourth-order valence-corrected chi connectivity index (χ4v) is 8.64. The third kappa shape index (κ3) is 5.69. The quantitative estimate of drug-likeness (QED) is 0.155. The molecule has 0 fully saturated rings. The van der Waals surface area contributed by atoms with E-state index in [1.54, 1.807) is 0 Å². The normalized spacial score (nSPS) is 11.6. The third-order valence-electron chi connectivity index (χ3n) is 11.4. The molecule has 0 radical (unpaired) electrons. The Morgan fingerprint density at radius 2 is 1.05 bits per heavy atom. The van der Waals surface area contributed by atoms with E-state index < -0.39 is 0 Å². The first-order valence-corrected chi connectivity index (χ1v) is 19.9. The monoisotopic (exact) mass is 746 g/mol. The second kappa shape index (κ2) is 13.9. The van der Waals surface area contributed by atoms with Gasteiger partial charge in [-0.05, 0) is 137 Å². The second-order valence-corrected chi connectivity index (χ2v) is 14.8. The van der Waals surface area contributed by atoms with E-state index in [-0.39, 0.29) is 0 Å². The van der Waals surface area contributed by atoms with Crippen LogP contribution in [0.3, 0.4) is 0 Å². The standard InChI is InChI=1S/C54H38N2O2/c1-2-57-45-29-27-43(28-30-45)55(41-13-7-4-8-14-41)42-23-19-38(20-24-42)39-21-31-50-48(33-39)49-35-47-40(22-32-53-54(47)46-15-9-10-16-52(46)58-53)34-51(49)56(50)44-25-17-37(18-26-44)36-11-5-3-6-12-36/h3-35H,2H2,1H3. The van der Waals surface area contributed by atoms with E-state index in [1.165, 1.54) is 38.2 Å². The molecule has 0 aliphatic carbocycles. The van der Waals surface area contributed by atoms with Crippen LogP contribution in [0.4, 0.5) is 17.1 Å². The summed E-state index contributed by atoms with van der Waals surface area (Å²) in [6.45, 7) is 2.65. The number of furan rings is 1. The van der Waals surface area contributed by atoms with Crippen molar-refractivity contribution in [2.24, 2.45) is 0 Å². The number of benzene rings is 9. The van der Waals surface area contributed by atoms with E-state index >= 15 is 0 Å². The summed E-state index contributed by atoms with van der Waals surface area (Å²) >= 11 is 0. The Hall–Kier alpha value is -7.56. The molecule has 2 heterocycles. The van der Waals surface area contributed by atoms with Crippen LogP contribution in [0.15, 0.2) is 205 Å². The van der Waals surface area contributed by atoms with Crippen molar-refractivity contribution in [3.63, 3.8) is 0 Å². The summed E-state index contributed by atoms with van der Waals surface area (Å²) in [5, 5.41) is 7.08. The summed E-state index contributed by atoms with van der Waals surface area (Å²) in [5.74, 6) is 0.867. The fourth-order valence-electron chi connectivity index (χ4n) is 8.64. The number of hydrogen-bond donors (Lipinski definition) is 0. The minimum Gasteiger partial charge on any atom is -0.494 e. The summed E-state index contributed by atoms with van der Waals surface area (Å²) in [6.07, 6.45) is 0. The lowest BCUT2D eigenvalue weighted by Gasteiger charge is -2.25. The predicted octanol–water partition coefficient (Wildman–Crippen LogP) is 15.0. The Labute approximate surface area is 336 Å². The molecule has 0 aliphatic rings. The predicted molar refractivity (Wildman–Crippen MR) is 242 cm³/mol. The van der Waals surface area contributed by atoms with Crippen molar-refractivity contribution in [2.75, 3.05) is 11.5 Å². The maximum absolute atomic E-state index is 6.34. The average Bonchev–Trinajstić information content (AvgIpc) is 3.83. The molecule has 0 bridgehead atoms. The molecule has 58 heavy (non-hydrogen) atoms. The van der Waals surface area contributed by atoms with Crippen molar-refractivity contribution in [2.45, 2.75) is 6.92 Å². The van der Waals surface area contributed by atoms with Gasteiger partial charge in [-0.25, -0.2) is 0 Å². The Kier molecular flexibility index (Phi) is 8.07. The smallest absolute Gasteiger partial charge is 0.136 e. The van der Waals surface area contributed by atoms with E-state index in [9.17, 15) is 0 Å². The zero-order valence-electron chi connectivity index (χ0n) is 32.0. The van der Waals surface area contributed by atoms with Crippen molar-refractivity contribution < 1.29 is 9.15 Å². The Bertz CT molecular complexity index is 3250. The molecular formula is C54H38N2O2. The summed E-state index contributed by atoms with van der Waals surface area (Å²) in [6, 6.07) is 71.5. The van der Waals surface area contributed by atoms with Crippen LogP contribution in [-0.4, -0.2) is 11.2 Å². The second-order valence-electron chi connectivity index (χ2n) is 14.8. The number of fused-ring (bicyclic) bond motifs is 8. The van der Waals surface area contributed by atoms with Crippen LogP contribution in [0.2, 0.25) is 0 Å². The average molecular weight is 747 g/mol. The zero-order chi connectivity index (χ0) is 38.6. The molecule has 0 aliphatic heterocycles. The van der Waals surface area contributed by atoms with Gasteiger partial charge in [0.25, 0.3) is 0 Å². The van der Waals surface area contributed by atoms with E-state index in [4.69, 9.17) is 9.15 Å². The van der Waals surface area contributed by atoms with Crippen LogP contribution in [-0.2, 0) is 0 Å². The molecule has 4 nitrogen and oxygen atoms in total. The van der Waals surface area contributed by atoms with Crippen molar-refractivity contribution in [1.29, 1.82) is 0 Å². The minimum absolute atomic E-state index is 0.638. The minimum atomic E-state index is 0.638. The first kappa shape index (κ1) is 33.8. The van der Waals surface area contributed by atoms with Gasteiger partial charge < -0.3 is 18.6 Å². The van der Waals surface area contributed by atoms with E-state index in [0.717, 1.165) is 67.1 Å². The summed E-state index contributed by atoms with van der Waals surface area (Å²) in [7, 11) is 0.